The minimum Gasteiger partial charge on any atom is -0.305 e. The van der Waals surface area contributed by atoms with Crippen molar-refractivity contribution in [1.29, 1.82) is 0 Å². The number of hydrogen-bond donors (Lipinski definition) is 1. The number of rotatable bonds is 4. The zero-order valence-electron chi connectivity index (χ0n) is 10.2. The van der Waals surface area contributed by atoms with Gasteiger partial charge in [0, 0.05) is 14.5 Å². The van der Waals surface area contributed by atoms with E-state index in [4.69, 9.17) is 0 Å². The van der Waals surface area contributed by atoms with Gasteiger partial charge in [0.05, 0.1) is 6.04 Å². The first-order valence-electron chi connectivity index (χ1n) is 6.13. The second-order valence-electron chi connectivity index (χ2n) is 4.19. The lowest BCUT2D eigenvalue weighted by Gasteiger charge is -2.14. The van der Waals surface area contributed by atoms with E-state index in [-0.39, 0.29) is 0 Å². The maximum absolute atomic E-state index is 3.58. The molecule has 0 saturated carbocycles. The Morgan fingerprint density at radius 3 is 2.72 bits per heavy atom. The Bertz CT molecular complexity index is 592. The molecule has 92 valence electrons. The predicted molar refractivity (Wildman–Crippen MR) is 81.7 cm³/mol. The zero-order valence-corrected chi connectivity index (χ0v) is 11.9. The van der Waals surface area contributed by atoms with Crippen LogP contribution >= 0.6 is 22.7 Å². The van der Waals surface area contributed by atoms with Gasteiger partial charge in [-0.15, -0.1) is 22.7 Å². The normalized spacial score (nSPS) is 12.9. The van der Waals surface area contributed by atoms with E-state index in [1.54, 1.807) is 0 Å². The summed E-state index contributed by atoms with van der Waals surface area (Å²) in [5.74, 6) is 0. The smallest absolute Gasteiger partial charge is 0.0765 e. The zero-order chi connectivity index (χ0) is 12.4. The second kappa shape index (κ2) is 5.22. The summed E-state index contributed by atoms with van der Waals surface area (Å²) < 4.78 is 1.37. The highest BCUT2D eigenvalue weighted by Crippen LogP contribution is 2.34. The highest BCUT2D eigenvalue weighted by atomic mass is 32.1. The molecule has 1 nitrogen and oxygen atoms in total. The van der Waals surface area contributed by atoms with Crippen molar-refractivity contribution in [2.75, 3.05) is 6.54 Å². The molecule has 1 unspecified atom stereocenters. The minimum atomic E-state index is 0.340. The Hall–Kier alpha value is -1.16. The molecule has 0 bridgehead atoms. The summed E-state index contributed by atoms with van der Waals surface area (Å²) in [6.45, 7) is 3.14. The first-order chi connectivity index (χ1) is 8.88. The summed E-state index contributed by atoms with van der Waals surface area (Å²) in [5, 5.41) is 7.07. The van der Waals surface area contributed by atoms with Crippen LogP contribution in [0.2, 0.25) is 0 Å². The minimum absolute atomic E-state index is 0.340. The van der Waals surface area contributed by atoms with Gasteiger partial charge in [0.25, 0.3) is 0 Å². The second-order valence-corrected chi connectivity index (χ2v) is 6.29. The fraction of sp³-hybridized carbons (Fsp3) is 0.200. The lowest BCUT2D eigenvalue weighted by Crippen LogP contribution is -2.19. The van der Waals surface area contributed by atoms with Gasteiger partial charge in [-0.1, -0.05) is 31.2 Å². The molecule has 0 aliphatic rings. The third kappa shape index (κ3) is 2.21. The maximum Gasteiger partial charge on any atom is 0.0765 e. The topological polar surface area (TPSA) is 12.0 Å². The van der Waals surface area contributed by atoms with Crippen molar-refractivity contribution in [3.8, 4) is 0 Å². The third-order valence-electron chi connectivity index (χ3n) is 2.97. The van der Waals surface area contributed by atoms with Gasteiger partial charge in [0.15, 0.2) is 0 Å². The van der Waals surface area contributed by atoms with E-state index in [2.05, 4.69) is 60.1 Å². The van der Waals surface area contributed by atoms with Crippen molar-refractivity contribution in [3.63, 3.8) is 0 Å². The average Bonchev–Trinajstić information content (AvgIpc) is 3.04. The average molecular weight is 273 g/mol. The Kier molecular flexibility index (Phi) is 3.46. The lowest BCUT2D eigenvalue weighted by atomic mass is 10.1. The van der Waals surface area contributed by atoms with Crippen LogP contribution in [0.15, 0.2) is 47.8 Å². The molecule has 0 radical (unpaired) electrons. The molecule has 0 spiro atoms. The van der Waals surface area contributed by atoms with Gasteiger partial charge in [0.1, 0.15) is 0 Å². The van der Waals surface area contributed by atoms with Crippen molar-refractivity contribution >= 4 is 32.8 Å². The SMILES string of the molecule is CCNC(c1cccs1)c1cc2ccccc2s1. The molecule has 0 amide bonds. The van der Waals surface area contributed by atoms with Crippen LogP contribution < -0.4 is 5.32 Å². The Labute approximate surface area is 115 Å². The summed E-state index contributed by atoms with van der Waals surface area (Å²) in [7, 11) is 0. The summed E-state index contributed by atoms with van der Waals surface area (Å²) >= 11 is 3.71. The summed E-state index contributed by atoms with van der Waals surface area (Å²) in [6, 6.07) is 15.6. The van der Waals surface area contributed by atoms with E-state index in [0.29, 0.717) is 6.04 Å². The Morgan fingerprint density at radius 2 is 2.00 bits per heavy atom. The molecule has 0 fully saturated rings. The van der Waals surface area contributed by atoms with Crippen molar-refractivity contribution in [1.82, 2.24) is 5.32 Å². The van der Waals surface area contributed by atoms with Crippen LogP contribution in [-0.2, 0) is 0 Å². The monoisotopic (exact) mass is 273 g/mol. The highest BCUT2D eigenvalue weighted by molar-refractivity contribution is 7.19. The number of thiophene rings is 2. The Balaban J connectivity index is 2.04. The quantitative estimate of drug-likeness (QED) is 0.729. The lowest BCUT2D eigenvalue weighted by molar-refractivity contribution is 0.649. The van der Waals surface area contributed by atoms with Gasteiger partial charge in [-0.25, -0.2) is 0 Å². The van der Waals surface area contributed by atoms with Gasteiger partial charge in [-0.3, -0.25) is 0 Å². The third-order valence-corrected chi connectivity index (χ3v) is 5.08. The van der Waals surface area contributed by atoms with E-state index < -0.39 is 0 Å². The van der Waals surface area contributed by atoms with Crippen LogP contribution in [-0.4, -0.2) is 6.54 Å². The van der Waals surface area contributed by atoms with Gasteiger partial charge in [-0.05, 0) is 35.5 Å². The molecule has 3 rings (SSSR count). The van der Waals surface area contributed by atoms with Crippen LogP contribution in [0.5, 0.6) is 0 Å². The number of benzene rings is 1. The molecule has 1 N–H and O–H groups in total. The Morgan fingerprint density at radius 1 is 1.11 bits per heavy atom. The molecule has 2 aromatic heterocycles. The van der Waals surface area contributed by atoms with Crippen LogP contribution in [0.3, 0.4) is 0 Å². The summed E-state index contributed by atoms with van der Waals surface area (Å²) in [6.07, 6.45) is 0. The van der Waals surface area contributed by atoms with Crippen LogP contribution in [0.4, 0.5) is 0 Å². The van der Waals surface area contributed by atoms with Gasteiger partial charge in [0.2, 0.25) is 0 Å². The molecular weight excluding hydrogens is 258 g/mol. The fourth-order valence-electron chi connectivity index (χ4n) is 2.15. The number of nitrogens with one attached hydrogen (secondary N) is 1. The molecule has 3 aromatic rings. The van der Waals surface area contributed by atoms with Crippen molar-refractivity contribution in [2.24, 2.45) is 0 Å². The number of hydrogen-bond acceptors (Lipinski definition) is 3. The van der Waals surface area contributed by atoms with Gasteiger partial charge >= 0.3 is 0 Å². The molecule has 1 aromatic carbocycles. The molecule has 3 heteroatoms. The highest BCUT2D eigenvalue weighted by Gasteiger charge is 2.16. The van der Waals surface area contributed by atoms with E-state index in [1.807, 2.05) is 22.7 Å². The van der Waals surface area contributed by atoms with Crippen molar-refractivity contribution < 1.29 is 0 Å². The van der Waals surface area contributed by atoms with Crippen LogP contribution in [0.1, 0.15) is 22.7 Å². The van der Waals surface area contributed by atoms with Crippen LogP contribution in [0.25, 0.3) is 10.1 Å². The molecule has 1 atom stereocenters. The molecule has 0 aliphatic carbocycles. The first kappa shape index (κ1) is 11.9. The van der Waals surface area contributed by atoms with E-state index >= 15 is 0 Å². The molecule has 0 saturated heterocycles. The largest absolute Gasteiger partial charge is 0.305 e. The number of fused-ring (bicyclic) bond motifs is 1. The van der Waals surface area contributed by atoms with Crippen molar-refractivity contribution in [2.45, 2.75) is 13.0 Å². The van der Waals surface area contributed by atoms with E-state index in [1.165, 1.54) is 19.8 Å². The summed E-state index contributed by atoms with van der Waals surface area (Å²) in [4.78, 5) is 2.80. The molecular formula is C15H15NS2. The first-order valence-corrected chi connectivity index (χ1v) is 7.83. The van der Waals surface area contributed by atoms with Gasteiger partial charge in [-0.2, -0.15) is 0 Å². The van der Waals surface area contributed by atoms with E-state index in [9.17, 15) is 0 Å². The fourth-order valence-corrected chi connectivity index (χ4v) is 4.20. The van der Waals surface area contributed by atoms with E-state index in [0.717, 1.165) is 6.54 Å². The van der Waals surface area contributed by atoms with Gasteiger partial charge < -0.3 is 5.32 Å². The predicted octanol–water partition coefficient (Wildman–Crippen LogP) is 4.66. The molecule has 0 aliphatic heterocycles. The molecule has 2 heterocycles. The maximum atomic E-state index is 3.58. The molecule has 18 heavy (non-hydrogen) atoms. The van der Waals surface area contributed by atoms with Crippen LogP contribution in [0, 0.1) is 0 Å². The summed E-state index contributed by atoms with van der Waals surface area (Å²) in [5.41, 5.74) is 0. The standard InChI is InChI=1S/C15H15NS2/c1-2-16-15(13-8-5-9-17-13)14-10-11-6-3-4-7-12(11)18-14/h3-10,15-16H,2H2,1H3. The van der Waals surface area contributed by atoms with Crippen molar-refractivity contribution in [3.05, 3.63) is 57.6 Å².